The van der Waals surface area contributed by atoms with Crippen LogP contribution in [0.4, 0.5) is 11.4 Å². The van der Waals surface area contributed by atoms with Crippen LogP contribution >= 0.6 is 0 Å². The van der Waals surface area contributed by atoms with Gasteiger partial charge in [-0.05, 0) is 75.8 Å². The molecule has 3 aromatic rings. The summed E-state index contributed by atoms with van der Waals surface area (Å²) in [7, 11) is 3.45. The molecule has 2 aliphatic rings. The van der Waals surface area contributed by atoms with Gasteiger partial charge in [-0.25, -0.2) is 0 Å². The van der Waals surface area contributed by atoms with Crippen molar-refractivity contribution in [1.82, 2.24) is 14.5 Å². The molecule has 274 valence electrons. The molecule has 50 heavy (non-hydrogen) atoms. The fraction of sp³-hybridized carbons (Fsp3) is 0.615. The molecule has 1 aliphatic carbocycles. The number of hydrogen-bond acceptors (Lipinski definition) is 10. The van der Waals surface area contributed by atoms with E-state index in [1.807, 2.05) is 6.20 Å². The highest BCUT2D eigenvalue weighted by atomic mass is 16.5. The summed E-state index contributed by atoms with van der Waals surface area (Å²) >= 11 is 0. The Balaban J connectivity index is 1.65. The molecule has 0 spiro atoms. The van der Waals surface area contributed by atoms with Crippen LogP contribution in [0.3, 0.4) is 0 Å². The molecule has 1 saturated heterocycles. The molecule has 5 rings (SSSR count). The van der Waals surface area contributed by atoms with Crippen molar-refractivity contribution in [3.05, 3.63) is 41.7 Å². The van der Waals surface area contributed by atoms with Gasteiger partial charge in [0.05, 0.1) is 48.6 Å². The Kier molecular flexibility index (Phi) is 12.9. The molecular formula is C39H58N6O5. The number of carbonyl (C=O) groups is 2. The summed E-state index contributed by atoms with van der Waals surface area (Å²) < 4.78 is 19.2. The lowest BCUT2D eigenvalue weighted by molar-refractivity contribution is -0.131. The number of fused-ring (bicyclic) bond motifs is 1. The first-order valence-corrected chi connectivity index (χ1v) is 18.3. The van der Waals surface area contributed by atoms with Crippen LogP contribution in [0, 0.1) is 5.41 Å². The van der Waals surface area contributed by atoms with Crippen molar-refractivity contribution in [3.8, 4) is 11.3 Å². The number of benzene rings is 1. The number of pyridine rings is 1. The third kappa shape index (κ3) is 8.85. The minimum absolute atomic E-state index is 0.217. The van der Waals surface area contributed by atoms with Crippen molar-refractivity contribution in [1.29, 1.82) is 0 Å². The Bertz CT molecular complexity index is 1580. The third-order valence-electron chi connectivity index (χ3n) is 10.4. The zero-order valence-corrected chi connectivity index (χ0v) is 31.0. The van der Waals surface area contributed by atoms with E-state index in [-0.39, 0.29) is 11.5 Å². The molecule has 0 bridgehead atoms. The van der Waals surface area contributed by atoms with E-state index in [0.717, 1.165) is 97.2 Å². The first-order chi connectivity index (χ1) is 24.1. The predicted molar refractivity (Wildman–Crippen MR) is 200 cm³/mol. The zero-order chi connectivity index (χ0) is 35.8. The Morgan fingerprint density at radius 2 is 1.86 bits per heavy atom. The molecule has 1 aliphatic heterocycles. The van der Waals surface area contributed by atoms with Crippen LogP contribution in [0.15, 0.2) is 30.5 Å². The number of aldehydes is 1. The second-order valence-electron chi connectivity index (χ2n) is 14.7. The lowest BCUT2D eigenvalue weighted by Gasteiger charge is -2.36. The van der Waals surface area contributed by atoms with Crippen LogP contribution in [0.2, 0.25) is 0 Å². The number of rotatable bonds is 20. The van der Waals surface area contributed by atoms with Gasteiger partial charge in [-0.3, -0.25) is 14.7 Å². The molecule has 2 atom stereocenters. The Hall–Kier alpha value is -3.51. The summed E-state index contributed by atoms with van der Waals surface area (Å²) in [6.07, 6.45) is 7.37. The number of aromatic nitrogens is 2. The smallest absolute Gasteiger partial charge is 0.293 e. The van der Waals surface area contributed by atoms with E-state index >= 15 is 0 Å². The number of nitrogens with two attached hydrogens (primary N) is 1. The maximum absolute atomic E-state index is 11.3. The van der Waals surface area contributed by atoms with Crippen molar-refractivity contribution >= 4 is 35.0 Å². The molecular weight excluding hydrogens is 632 g/mol. The largest absolute Gasteiger partial charge is 0.467 e. The Morgan fingerprint density at radius 3 is 2.50 bits per heavy atom. The van der Waals surface area contributed by atoms with Crippen LogP contribution in [0.1, 0.15) is 70.7 Å². The first-order valence-electron chi connectivity index (χ1n) is 18.3. The Labute approximate surface area is 298 Å². The molecule has 1 saturated carbocycles. The van der Waals surface area contributed by atoms with E-state index in [9.17, 15) is 9.59 Å². The van der Waals surface area contributed by atoms with Gasteiger partial charge >= 0.3 is 0 Å². The maximum Gasteiger partial charge on any atom is 0.293 e. The Morgan fingerprint density at radius 1 is 1.10 bits per heavy atom. The molecule has 11 heteroatoms. The predicted octanol–water partition coefficient (Wildman–Crippen LogP) is 5.22. The number of piperazine rings is 1. The quantitative estimate of drug-likeness (QED) is 0.158. The van der Waals surface area contributed by atoms with Gasteiger partial charge in [0, 0.05) is 93.6 Å². The highest BCUT2D eigenvalue weighted by molar-refractivity contribution is 5.95. The average molecular weight is 691 g/mol. The van der Waals surface area contributed by atoms with E-state index in [0.29, 0.717) is 39.1 Å². The minimum Gasteiger partial charge on any atom is -0.467 e. The number of anilines is 2. The van der Waals surface area contributed by atoms with Gasteiger partial charge in [0.15, 0.2) is 0 Å². The molecule has 1 aromatic carbocycles. The van der Waals surface area contributed by atoms with Gasteiger partial charge in [-0.1, -0.05) is 13.8 Å². The highest BCUT2D eigenvalue weighted by Gasteiger charge is 2.33. The third-order valence-corrected chi connectivity index (χ3v) is 10.4. The van der Waals surface area contributed by atoms with Gasteiger partial charge in [0.25, 0.3) is 6.47 Å². The van der Waals surface area contributed by atoms with Crippen LogP contribution in [-0.2, 0) is 36.8 Å². The van der Waals surface area contributed by atoms with Crippen LogP contribution < -0.4 is 15.5 Å². The molecule has 2 fully saturated rings. The van der Waals surface area contributed by atoms with E-state index in [4.69, 9.17) is 24.9 Å². The molecule has 0 radical (unpaired) electrons. The van der Waals surface area contributed by atoms with Crippen molar-refractivity contribution < 1.29 is 23.8 Å². The number of methoxy groups -OCH3 is 2. The molecule has 2 unspecified atom stereocenters. The summed E-state index contributed by atoms with van der Waals surface area (Å²) in [5.74, 6) is 0. The lowest BCUT2D eigenvalue weighted by Crippen LogP contribution is -2.47. The van der Waals surface area contributed by atoms with Crippen LogP contribution in [-0.4, -0.2) is 106 Å². The topological polar surface area (TPSA) is 115 Å². The van der Waals surface area contributed by atoms with E-state index in [2.05, 4.69) is 71.2 Å². The van der Waals surface area contributed by atoms with Crippen molar-refractivity contribution in [2.24, 2.45) is 11.1 Å². The summed E-state index contributed by atoms with van der Waals surface area (Å²) in [6, 6.07) is 9.34. The monoisotopic (exact) mass is 690 g/mol. The highest BCUT2D eigenvalue weighted by Crippen LogP contribution is 2.43. The standard InChI is InChI=1S/C39H58N6O5/c1-7-45-36-13-12-31(42(19-20-48-5)14-8-9-29(40)25-46)21-33(36)35(23-39(3,4)26-50-27-47)38(45)34-22-32(24-41-37(34)28(2)49-6)44-17-15-43(16-18-44)30-10-11-30/h12-13,21-22,24-25,27-30H,7-11,14-20,23,26,40H2,1-6H3. The van der Waals surface area contributed by atoms with Crippen LogP contribution in [0.25, 0.3) is 22.2 Å². The summed E-state index contributed by atoms with van der Waals surface area (Å²) in [6.45, 7) is 16.3. The fourth-order valence-electron chi connectivity index (χ4n) is 7.42. The number of aryl methyl sites for hydroxylation is 1. The molecule has 2 N–H and O–H groups in total. The molecule has 2 aromatic heterocycles. The van der Waals surface area contributed by atoms with Crippen molar-refractivity contribution in [3.63, 3.8) is 0 Å². The molecule has 11 nitrogen and oxygen atoms in total. The van der Waals surface area contributed by atoms with Crippen LogP contribution in [0.5, 0.6) is 0 Å². The summed E-state index contributed by atoms with van der Waals surface area (Å²) in [5.41, 5.74) is 13.3. The van der Waals surface area contributed by atoms with Gasteiger partial charge in [-0.15, -0.1) is 0 Å². The second-order valence-corrected chi connectivity index (χ2v) is 14.7. The first kappa shape index (κ1) is 37.7. The van der Waals surface area contributed by atoms with E-state index < -0.39 is 6.04 Å². The average Bonchev–Trinajstić information content (AvgIpc) is 3.94. The number of ether oxygens (including phenoxy) is 3. The van der Waals surface area contributed by atoms with Gasteiger partial charge in [0.2, 0.25) is 0 Å². The second kappa shape index (κ2) is 17.1. The number of nitrogens with zero attached hydrogens (tertiary/aromatic N) is 5. The van der Waals surface area contributed by atoms with E-state index in [1.54, 1.807) is 14.2 Å². The normalized spacial score (nSPS) is 16.8. The van der Waals surface area contributed by atoms with Crippen molar-refractivity contribution in [2.45, 2.75) is 84.5 Å². The van der Waals surface area contributed by atoms with Crippen molar-refractivity contribution in [2.75, 3.05) is 76.5 Å². The van der Waals surface area contributed by atoms with E-state index in [1.165, 1.54) is 18.4 Å². The SMILES string of the molecule is CCn1c(-c2cc(N3CCN(C4CC4)CC3)cnc2C(C)OC)c(CC(C)(C)COC=O)c2cc(N(CCCC(N)C=O)CCOC)ccc21. The maximum atomic E-state index is 11.3. The number of hydrogen-bond donors (Lipinski definition) is 1. The lowest BCUT2D eigenvalue weighted by atomic mass is 9.84. The van der Waals surface area contributed by atoms with Gasteiger partial charge < -0.3 is 39.1 Å². The summed E-state index contributed by atoms with van der Waals surface area (Å²) in [5, 5.41) is 1.16. The van der Waals surface area contributed by atoms with Gasteiger partial charge in [-0.2, -0.15) is 0 Å². The zero-order valence-electron chi connectivity index (χ0n) is 31.0. The van der Waals surface area contributed by atoms with Gasteiger partial charge in [0.1, 0.15) is 6.29 Å². The molecule has 0 amide bonds. The number of carbonyl (C=O) groups excluding carboxylic acids is 2. The fourth-order valence-corrected chi connectivity index (χ4v) is 7.42. The molecule has 3 heterocycles. The summed E-state index contributed by atoms with van der Waals surface area (Å²) in [4.78, 5) is 35.0. The minimum atomic E-state index is -0.458.